The standard InChI is InChI=1S/C20H24Cl2N4O/c1-3-16-25-19(24-15-9-8-13(21)10-14(15)22)18(20(27)23-2)26(16)17(11-4-5-11)12-6-7-12/h8-12,17,24H,3-7H2,1-2H3,(H,23,27). The predicted octanol–water partition coefficient (Wildman–Crippen LogP) is 5.22. The van der Waals surface area contributed by atoms with Gasteiger partial charge in [0.2, 0.25) is 0 Å². The Morgan fingerprint density at radius 1 is 1.26 bits per heavy atom. The number of hydrogen-bond acceptors (Lipinski definition) is 3. The summed E-state index contributed by atoms with van der Waals surface area (Å²) in [6, 6.07) is 5.63. The minimum Gasteiger partial charge on any atom is -0.354 e. The molecule has 1 amide bonds. The molecule has 2 aliphatic rings. The number of rotatable bonds is 7. The minimum atomic E-state index is -0.124. The highest BCUT2D eigenvalue weighted by atomic mass is 35.5. The maximum Gasteiger partial charge on any atom is 0.271 e. The maximum absolute atomic E-state index is 12.8. The number of carbonyl (C=O) groups is 1. The Labute approximate surface area is 169 Å². The van der Waals surface area contributed by atoms with Crippen molar-refractivity contribution in [1.29, 1.82) is 0 Å². The Kier molecular flexibility index (Phi) is 5.08. The molecule has 5 nitrogen and oxygen atoms in total. The molecule has 0 saturated heterocycles. The van der Waals surface area contributed by atoms with Crippen molar-refractivity contribution in [2.24, 2.45) is 11.8 Å². The normalized spacial score (nSPS) is 16.6. The molecule has 2 fully saturated rings. The summed E-state index contributed by atoms with van der Waals surface area (Å²) in [5.74, 6) is 2.70. The number of aromatic nitrogens is 2. The smallest absolute Gasteiger partial charge is 0.271 e. The zero-order valence-corrected chi connectivity index (χ0v) is 17.1. The molecule has 1 aromatic heterocycles. The first-order chi connectivity index (χ1) is 13.0. The van der Waals surface area contributed by atoms with E-state index < -0.39 is 0 Å². The highest BCUT2D eigenvalue weighted by Crippen LogP contribution is 2.53. The van der Waals surface area contributed by atoms with Gasteiger partial charge in [-0.2, -0.15) is 0 Å². The first kappa shape index (κ1) is 18.6. The molecule has 2 aromatic rings. The summed E-state index contributed by atoms with van der Waals surface area (Å²) < 4.78 is 2.21. The molecule has 0 unspecified atom stereocenters. The summed E-state index contributed by atoms with van der Waals surface area (Å²) in [5, 5.41) is 7.13. The Bertz CT molecular complexity index is 859. The largest absolute Gasteiger partial charge is 0.354 e. The zero-order valence-electron chi connectivity index (χ0n) is 15.6. The van der Waals surface area contributed by atoms with Crippen molar-refractivity contribution in [3.05, 3.63) is 39.8 Å². The van der Waals surface area contributed by atoms with E-state index in [-0.39, 0.29) is 5.91 Å². The number of carbonyl (C=O) groups excluding carboxylic acids is 1. The highest BCUT2D eigenvalue weighted by Gasteiger charge is 2.45. The monoisotopic (exact) mass is 406 g/mol. The van der Waals surface area contributed by atoms with Crippen molar-refractivity contribution in [3.63, 3.8) is 0 Å². The van der Waals surface area contributed by atoms with Crippen LogP contribution < -0.4 is 10.6 Å². The molecule has 0 bridgehead atoms. The molecule has 0 spiro atoms. The Morgan fingerprint density at radius 2 is 1.93 bits per heavy atom. The fourth-order valence-corrected chi connectivity index (χ4v) is 4.33. The molecule has 0 aliphatic heterocycles. The van der Waals surface area contributed by atoms with E-state index in [0.29, 0.717) is 45.1 Å². The van der Waals surface area contributed by atoms with E-state index in [1.165, 1.54) is 25.7 Å². The molecular formula is C20H24Cl2N4O. The highest BCUT2D eigenvalue weighted by molar-refractivity contribution is 6.36. The second kappa shape index (κ2) is 7.36. The van der Waals surface area contributed by atoms with Crippen LogP contribution in [-0.2, 0) is 6.42 Å². The third-order valence-corrected chi connectivity index (χ3v) is 5.98. The molecule has 2 N–H and O–H groups in total. The van der Waals surface area contributed by atoms with Crippen LogP contribution in [0.5, 0.6) is 0 Å². The third kappa shape index (κ3) is 3.67. The van der Waals surface area contributed by atoms with Crippen molar-refractivity contribution < 1.29 is 4.79 Å². The van der Waals surface area contributed by atoms with Crippen LogP contribution in [0, 0.1) is 11.8 Å². The van der Waals surface area contributed by atoms with Gasteiger partial charge in [0.15, 0.2) is 11.5 Å². The van der Waals surface area contributed by atoms with Crippen LogP contribution in [0.2, 0.25) is 10.0 Å². The van der Waals surface area contributed by atoms with Crippen molar-refractivity contribution in [1.82, 2.24) is 14.9 Å². The lowest BCUT2D eigenvalue weighted by molar-refractivity contribution is 0.0950. The second-order valence-electron chi connectivity index (χ2n) is 7.44. The van der Waals surface area contributed by atoms with E-state index in [2.05, 4.69) is 22.1 Å². The number of nitrogens with one attached hydrogen (secondary N) is 2. The number of nitrogens with zero attached hydrogens (tertiary/aromatic N) is 2. The fraction of sp³-hybridized carbons (Fsp3) is 0.500. The molecule has 4 rings (SSSR count). The molecule has 0 radical (unpaired) electrons. The number of aryl methyl sites for hydroxylation is 1. The van der Waals surface area contributed by atoms with E-state index >= 15 is 0 Å². The Morgan fingerprint density at radius 3 is 2.44 bits per heavy atom. The lowest BCUT2D eigenvalue weighted by atomic mass is 10.1. The van der Waals surface area contributed by atoms with Gasteiger partial charge in [-0.15, -0.1) is 0 Å². The summed E-state index contributed by atoms with van der Waals surface area (Å²) in [6.45, 7) is 2.09. The first-order valence-corrected chi connectivity index (χ1v) is 10.3. The lowest BCUT2D eigenvalue weighted by Crippen LogP contribution is -2.27. The van der Waals surface area contributed by atoms with E-state index in [1.807, 2.05) is 6.07 Å². The van der Waals surface area contributed by atoms with Gasteiger partial charge in [-0.25, -0.2) is 4.98 Å². The second-order valence-corrected chi connectivity index (χ2v) is 8.29. The molecule has 1 heterocycles. The maximum atomic E-state index is 12.8. The summed E-state index contributed by atoms with van der Waals surface area (Å²) in [5.41, 5.74) is 1.29. The average Bonchev–Trinajstić information content (AvgIpc) is 3.56. The number of imidazole rings is 1. The van der Waals surface area contributed by atoms with Gasteiger partial charge >= 0.3 is 0 Å². The van der Waals surface area contributed by atoms with Crippen LogP contribution in [0.1, 0.15) is 55.0 Å². The van der Waals surface area contributed by atoms with Crippen LogP contribution in [0.25, 0.3) is 0 Å². The van der Waals surface area contributed by atoms with Crippen molar-refractivity contribution >= 4 is 40.6 Å². The van der Waals surface area contributed by atoms with Crippen LogP contribution in [0.4, 0.5) is 11.5 Å². The van der Waals surface area contributed by atoms with Gasteiger partial charge in [-0.05, 0) is 55.7 Å². The molecule has 0 atom stereocenters. The topological polar surface area (TPSA) is 59.0 Å². The van der Waals surface area contributed by atoms with Gasteiger partial charge in [0.05, 0.1) is 10.7 Å². The van der Waals surface area contributed by atoms with E-state index in [0.717, 1.165) is 12.2 Å². The summed E-state index contributed by atoms with van der Waals surface area (Å²) >= 11 is 12.3. The molecule has 144 valence electrons. The van der Waals surface area contributed by atoms with Crippen LogP contribution in [0.15, 0.2) is 18.2 Å². The summed E-state index contributed by atoms with van der Waals surface area (Å²) in [6.07, 6.45) is 5.72. The van der Waals surface area contributed by atoms with Crippen LogP contribution in [0.3, 0.4) is 0 Å². The van der Waals surface area contributed by atoms with Gasteiger partial charge in [0.1, 0.15) is 5.82 Å². The Hall–Kier alpha value is -1.72. The summed E-state index contributed by atoms with van der Waals surface area (Å²) in [4.78, 5) is 17.6. The first-order valence-electron chi connectivity index (χ1n) is 9.58. The van der Waals surface area contributed by atoms with Crippen molar-refractivity contribution in [3.8, 4) is 0 Å². The molecule has 1 aromatic carbocycles. The quantitative estimate of drug-likeness (QED) is 0.662. The SMILES string of the molecule is CCc1nc(Nc2ccc(Cl)cc2Cl)c(C(=O)NC)n1C(C1CC1)C1CC1. The minimum absolute atomic E-state index is 0.124. The average molecular weight is 407 g/mol. The molecule has 2 saturated carbocycles. The van der Waals surface area contributed by atoms with Gasteiger partial charge < -0.3 is 15.2 Å². The number of anilines is 2. The Balaban J connectivity index is 1.80. The number of hydrogen-bond donors (Lipinski definition) is 2. The fourth-order valence-electron chi connectivity index (χ4n) is 3.87. The molecular weight excluding hydrogens is 383 g/mol. The van der Waals surface area contributed by atoms with Gasteiger partial charge in [-0.1, -0.05) is 30.1 Å². The van der Waals surface area contributed by atoms with Gasteiger partial charge in [0.25, 0.3) is 5.91 Å². The number of benzene rings is 1. The molecule has 27 heavy (non-hydrogen) atoms. The zero-order chi connectivity index (χ0) is 19.1. The lowest BCUT2D eigenvalue weighted by Gasteiger charge is -2.22. The number of halogens is 2. The van der Waals surface area contributed by atoms with Crippen molar-refractivity contribution in [2.75, 3.05) is 12.4 Å². The summed E-state index contributed by atoms with van der Waals surface area (Å²) in [7, 11) is 1.66. The van der Waals surface area contributed by atoms with Crippen LogP contribution in [-0.4, -0.2) is 22.5 Å². The van der Waals surface area contributed by atoms with E-state index in [1.54, 1.807) is 19.2 Å². The van der Waals surface area contributed by atoms with E-state index in [4.69, 9.17) is 28.2 Å². The number of amides is 1. The molecule has 2 aliphatic carbocycles. The predicted molar refractivity (Wildman–Crippen MR) is 109 cm³/mol. The van der Waals surface area contributed by atoms with Gasteiger partial charge in [0, 0.05) is 24.5 Å². The third-order valence-electron chi connectivity index (χ3n) is 5.43. The van der Waals surface area contributed by atoms with Crippen LogP contribution >= 0.6 is 23.2 Å². The molecule has 7 heteroatoms. The van der Waals surface area contributed by atoms with Crippen molar-refractivity contribution in [2.45, 2.75) is 45.1 Å². The van der Waals surface area contributed by atoms with E-state index in [9.17, 15) is 4.79 Å². The van der Waals surface area contributed by atoms with Gasteiger partial charge in [-0.3, -0.25) is 4.79 Å².